The molecule has 2 rings (SSSR count). The van der Waals surface area contributed by atoms with E-state index in [0.717, 1.165) is 0 Å². The van der Waals surface area contributed by atoms with Crippen LogP contribution in [0.5, 0.6) is 0 Å². The third kappa shape index (κ3) is 5.64. The summed E-state index contributed by atoms with van der Waals surface area (Å²) in [7, 11) is 2.03. The van der Waals surface area contributed by atoms with Crippen LogP contribution >= 0.6 is 0 Å². The molecular weight excluding hydrogens is 304 g/mol. The summed E-state index contributed by atoms with van der Waals surface area (Å²) in [6, 6.07) is 7.31. The van der Waals surface area contributed by atoms with E-state index >= 15 is 0 Å². The van der Waals surface area contributed by atoms with E-state index in [-0.39, 0.29) is 11.9 Å². The van der Waals surface area contributed by atoms with Crippen molar-refractivity contribution in [3.63, 3.8) is 0 Å². The molecule has 1 aromatic rings. The number of ether oxygens (including phenoxy) is 1. The number of nitrogens with one attached hydrogen (secondary N) is 1. The standard InChI is InChI=1S/C19H28N2O3/c1-3-24-19(23)15-10-12-16(13-11-15)20-18(22)14-21(2)17-8-6-4-5-7-9-17/h10-13,17H,3-9,14H2,1-2H3,(H,20,22). The first-order valence-corrected chi connectivity index (χ1v) is 8.87. The van der Waals surface area contributed by atoms with E-state index in [1.807, 2.05) is 7.05 Å². The number of likely N-dealkylation sites (N-methyl/N-ethyl adjacent to an activating group) is 1. The largest absolute Gasteiger partial charge is 0.462 e. The van der Waals surface area contributed by atoms with Crippen LogP contribution in [0.25, 0.3) is 0 Å². The van der Waals surface area contributed by atoms with Crippen molar-refractivity contribution in [2.45, 2.75) is 51.5 Å². The minimum Gasteiger partial charge on any atom is -0.462 e. The Hall–Kier alpha value is -1.88. The van der Waals surface area contributed by atoms with Gasteiger partial charge in [0.15, 0.2) is 0 Å². The van der Waals surface area contributed by atoms with Crippen molar-refractivity contribution in [1.29, 1.82) is 0 Å². The molecule has 5 nitrogen and oxygen atoms in total. The lowest BCUT2D eigenvalue weighted by atomic mass is 10.1. The highest BCUT2D eigenvalue weighted by Gasteiger charge is 2.19. The molecule has 1 aromatic carbocycles. The van der Waals surface area contributed by atoms with Crippen LogP contribution in [0.1, 0.15) is 55.8 Å². The van der Waals surface area contributed by atoms with Gasteiger partial charge in [0, 0.05) is 11.7 Å². The van der Waals surface area contributed by atoms with Crippen LogP contribution in [0.2, 0.25) is 0 Å². The Labute approximate surface area is 144 Å². The summed E-state index contributed by atoms with van der Waals surface area (Å²) in [4.78, 5) is 26.0. The first-order valence-electron chi connectivity index (χ1n) is 8.87. The second-order valence-electron chi connectivity index (χ2n) is 6.41. The molecule has 0 atom stereocenters. The number of anilines is 1. The Morgan fingerprint density at radius 3 is 2.33 bits per heavy atom. The zero-order chi connectivity index (χ0) is 17.4. The molecule has 5 heteroatoms. The fourth-order valence-electron chi connectivity index (χ4n) is 3.16. The van der Waals surface area contributed by atoms with Crippen LogP contribution < -0.4 is 5.32 Å². The molecule has 1 N–H and O–H groups in total. The molecule has 0 saturated heterocycles. The number of benzene rings is 1. The Kier molecular flexibility index (Phi) is 7.25. The van der Waals surface area contributed by atoms with Crippen molar-refractivity contribution in [2.24, 2.45) is 0 Å². The van der Waals surface area contributed by atoms with Gasteiger partial charge in [-0.2, -0.15) is 0 Å². The van der Waals surface area contributed by atoms with Gasteiger partial charge >= 0.3 is 5.97 Å². The quantitative estimate of drug-likeness (QED) is 0.640. The molecule has 0 radical (unpaired) electrons. The SMILES string of the molecule is CCOC(=O)c1ccc(NC(=O)CN(C)C2CCCCCC2)cc1. The van der Waals surface area contributed by atoms with E-state index in [9.17, 15) is 9.59 Å². The molecule has 0 aliphatic heterocycles. The first kappa shape index (κ1) is 18.5. The second kappa shape index (κ2) is 9.42. The van der Waals surface area contributed by atoms with E-state index < -0.39 is 0 Å². The minimum atomic E-state index is -0.344. The van der Waals surface area contributed by atoms with E-state index in [2.05, 4.69) is 10.2 Å². The Bertz CT molecular complexity index is 534. The maximum absolute atomic E-state index is 12.2. The van der Waals surface area contributed by atoms with Crippen molar-refractivity contribution >= 4 is 17.6 Å². The summed E-state index contributed by atoms with van der Waals surface area (Å²) < 4.78 is 4.95. The average Bonchev–Trinajstić information content (AvgIpc) is 2.85. The van der Waals surface area contributed by atoms with Gasteiger partial charge in [-0.1, -0.05) is 25.7 Å². The third-order valence-corrected chi connectivity index (χ3v) is 4.52. The summed E-state index contributed by atoms with van der Waals surface area (Å²) in [5.74, 6) is -0.367. The van der Waals surface area contributed by atoms with Gasteiger partial charge in [-0.25, -0.2) is 4.79 Å². The van der Waals surface area contributed by atoms with Crippen molar-refractivity contribution in [3.05, 3.63) is 29.8 Å². The predicted octanol–water partition coefficient (Wildman–Crippen LogP) is 3.46. The number of carbonyl (C=O) groups is 2. The summed E-state index contributed by atoms with van der Waals surface area (Å²) in [5.41, 5.74) is 1.19. The first-order chi connectivity index (χ1) is 11.6. The number of nitrogens with zero attached hydrogens (tertiary/aromatic N) is 1. The number of amides is 1. The Morgan fingerprint density at radius 2 is 1.75 bits per heavy atom. The highest BCUT2D eigenvalue weighted by atomic mass is 16.5. The lowest BCUT2D eigenvalue weighted by molar-refractivity contribution is -0.117. The summed E-state index contributed by atoms with van der Waals surface area (Å²) in [6.45, 7) is 2.52. The molecule has 1 aliphatic rings. The molecule has 132 valence electrons. The third-order valence-electron chi connectivity index (χ3n) is 4.52. The van der Waals surface area contributed by atoms with Gasteiger partial charge < -0.3 is 10.1 Å². The fraction of sp³-hybridized carbons (Fsp3) is 0.579. The van der Waals surface area contributed by atoms with E-state index in [0.29, 0.717) is 30.4 Å². The molecule has 1 amide bonds. The lowest BCUT2D eigenvalue weighted by Gasteiger charge is -2.26. The second-order valence-corrected chi connectivity index (χ2v) is 6.41. The van der Waals surface area contributed by atoms with Crippen LogP contribution in [-0.4, -0.2) is 43.0 Å². The van der Waals surface area contributed by atoms with Crippen LogP contribution in [0.4, 0.5) is 5.69 Å². The van der Waals surface area contributed by atoms with Gasteiger partial charge in [-0.3, -0.25) is 9.69 Å². The zero-order valence-corrected chi connectivity index (χ0v) is 14.7. The van der Waals surface area contributed by atoms with Crippen molar-refractivity contribution < 1.29 is 14.3 Å². The molecule has 0 heterocycles. The highest BCUT2D eigenvalue weighted by Crippen LogP contribution is 2.21. The topological polar surface area (TPSA) is 58.6 Å². The molecule has 0 unspecified atom stereocenters. The maximum Gasteiger partial charge on any atom is 0.338 e. The molecule has 24 heavy (non-hydrogen) atoms. The average molecular weight is 332 g/mol. The summed E-state index contributed by atoms with van der Waals surface area (Å²) in [5, 5.41) is 2.89. The van der Waals surface area contributed by atoms with Gasteiger partial charge in [-0.15, -0.1) is 0 Å². The highest BCUT2D eigenvalue weighted by molar-refractivity contribution is 5.94. The Balaban J connectivity index is 1.84. The van der Waals surface area contributed by atoms with Crippen molar-refractivity contribution in [3.8, 4) is 0 Å². The molecule has 1 saturated carbocycles. The van der Waals surface area contributed by atoms with Crippen LogP contribution in [0, 0.1) is 0 Å². The molecule has 0 bridgehead atoms. The lowest BCUT2D eigenvalue weighted by Crippen LogP contribution is -2.37. The van der Waals surface area contributed by atoms with Crippen LogP contribution in [-0.2, 0) is 9.53 Å². The maximum atomic E-state index is 12.2. The van der Waals surface area contributed by atoms with Gasteiger partial charge in [-0.05, 0) is 51.1 Å². The van der Waals surface area contributed by atoms with E-state index in [1.54, 1.807) is 31.2 Å². The van der Waals surface area contributed by atoms with Crippen molar-refractivity contribution in [1.82, 2.24) is 4.90 Å². The molecule has 1 aliphatic carbocycles. The minimum absolute atomic E-state index is 0.0226. The normalized spacial score (nSPS) is 15.8. The summed E-state index contributed by atoms with van der Waals surface area (Å²) in [6.07, 6.45) is 7.49. The Morgan fingerprint density at radius 1 is 1.12 bits per heavy atom. The number of esters is 1. The van der Waals surface area contributed by atoms with E-state index in [1.165, 1.54) is 38.5 Å². The molecule has 0 aromatic heterocycles. The molecule has 1 fully saturated rings. The van der Waals surface area contributed by atoms with Crippen molar-refractivity contribution in [2.75, 3.05) is 25.5 Å². The van der Waals surface area contributed by atoms with Gasteiger partial charge in [0.1, 0.15) is 0 Å². The van der Waals surface area contributed by atoms with E-state index in [4.69, 9.17) is 4.74 Å². The molecule has 0 spiro atoms. The zero-order valence-electron chi connectivity index (χ0n) is 14.7. The monoisotopic (exact) mass is 332 g/mol. The molecular formula is C19H28N2O3. The van der Waals surface area contributed by atoms with Gasteiger partial charge in [0.25, 0.3) is 0 Å². The fourth-order valence-corrected chi connectivity index (χ4v) is 3.16. The number of hydrogen-bond donors (Lipinski definition) is 1. The number of rotatable bonds is 6. The summed E-state index contributed by atoms with van der Waals surface area (Å²) >= 11 is 0. The number of carbonyl (C=O) groups excluding carboxylic acids is 2. The van der Waals surface area contributed by atoms with Crippen LogP contribution in [0.15, 0.2) is 24.3 Å². The number of hydrogen-bond acceptors (Lipinski definition) is 4. The predicted molar refractivity (Wildman–Crippen MR) is 95.1 cm³/mol. The smallest absolute Gasteiger partial charge is 0.338 e. The van der Waals surface area contributed by atoms with Crippen LogP contribution in [0.3, 0.4) is 0 Å². The van der Waals surface area contributed by atoms with Gasteiger partial charge in [0.05, 0.1) is 18.7 Å². The van der Waals surface area contributed by atoms with Gasteiger partial charge in [0.2, 0.25) is 5.91 Å².